The lowest BCUT2D eigenvalue weighted by Gasteiger charge is -2.26. The highest BCUT2D eigenvalue weighted by Crippen LogP contribution is 2.33. The maximum Gasteiger partial charge on any atom is 0.217 e. The monoisotopic (exact) mass is 404 g/mol. The number of hydrogen-bond acceptors (Lipinski definition) is 7. The molecule has 0 fully saturated rings. The van der Waals surface area contributed by atoms with Crippen molar-refractivity contribution >= 4 is 32.3 Å². The zero-order valence-electron chi connectivity index (χ0n) is 14.0. The first-order chi connectivity index (χ1) is 13.0. The van der Waals surface area contributed by atoms with Crippen LogP contribution in [0.3, 0.4) is 0 Å². The van der Waals surface area contributed by atoms with Gasteiger partial charge in [-0.3, -0.25) is 0 Å². The molecule has 27 heavy (non-hydrogen) atoms. The molecule has 0 aliphatic rings. The lowest BCUT2D eigenvalue weighted by atomic mass is 9.95. The Morgan fingerprint density at radius 2 is 2.04 bits per heavy atom. The number of benzene rings is 1. The third-order valence-electron chi connectivity index (χ3n) is 4.25. The molecule has 4 aromatic rings. The summed E-state index contributed by atoms with van der Waals surface area (Å²) in [6, 6.07) is 12.2. The summed E-state index contributed by atoms with van der Waals surface area (Å²) in [5, 5.41) is 17.5. The van der Waals surface area contributed by atoms with E-state index in [0.29, 0.717) is 27.1 Å². The van der Waals surface area contributed by atoms with Crippen LogP contribution in [0, 0.1) is 0 Å². The lowest BCUT2D eigenvalue weighted by Crippen LogP contribution is -2.41. The highest BCUT2D eigenvalue weighted by atomic mass is 32.2. The molecule has 0 unspecified atom stereocenters. The van der Waals surface area contributed by atoms with Crippen molar-refractivity contribution in [3.63, 3.8) is 0 Å². The molecule has 3 heterocycles. The number of fused-ring (bicyclic) bond motifs is 1. The van der Waals surface area contributed by atoms with Crippen LogP contribution in [0.25, 0.3) is 11.0 Å². The predicted molar refractivity (Wildman–Crippen MR) is 101 cm³/mol. The average molecular weight is 404 g/mol. The Bertz CT molecular complexity index is 1100. The molecule has 0 saturated heterocycles. The SMILES string of the molecule is O=S(=O)(Cc1noc2ccccc12)NC[C@](O)(c1ccoc1)c1cccs1. The molecule has 0 amide bonds. The third kappa shape index (κ3) is 3.54. The van der Waals surface area contributed by atoms with Crippen LogP contribution in [0.4, 0.5) is 0 Å². The number of aliphatic hydroxyl groups is 1. The Morgan fingerprint density at radius 3 is 2.78 bits per heavy atom. The first-order valence-electron chi connectivity index (χ1n) is 8.08. The summed E-state index contributed by atoms with van der Waals surface area (Å²) in [7, 11) is -3.77. The van der Waals surface area contributed by atoms with Gasteiger partial charge in [0.1, 0.15) is 17.0 Å². The summed E-state index contributed by atoms with van der Waals surface area (Å²) in [5.74, 6) is -0.351. The van der Waals surface area contributed by atoms with Gasteiger partial charge in [-0.05, 0) is 29.6 Å². The van der Waals surface area contributed by atoms with E-state index in [-0.39, 0.29) is 12.3 Å². The van der Waals surface area contributed by atoms with Gasteiger partial charge in [-0.1, -0.05) is 23.4 Å². The van der Waals surface area contributed by atoms with Crippen molar-refractivity contribution < 1.29 is 22.5 Å². The van der Waals surface area contributed by atoms with Gasteiger partial charge in [0.25, 0.3) is 0 Å². The summed E-state index contributed by atoms with van der Waals surface area (Å²) in [4.78, 5) is 0.610. The van der Waals surface area contributed by atoms with Gasteiger partial charge in [-0.15, -0.1) is 11.3 Å². The highest BCUT2D eigenvalue weighted by Gasteiger charge is 2.35. The van der Waals surface area contributed by atoms with E-state index in [1.54, 1.807) is 42.5 Å². The van der Waals surface area contributed by atoms with Crippen molar-refractivity contribution in [3.8, 4) is 0 Å². The van der Waals surface area contributed by atoms with E-state index in [2.05, 4.69) is 9.88 Å². The zero-order chi connectivity index (χ0) is 18.9. The Kier molecular flexibility index (Phi) is 4.60. The minimum atomic E-state index is -3.77. The molecule has 0 aliphatic heterocycles. The number of nitrogens with one attached hydrogen (secondary N) is 1. The van der Waals surface area contributed by atoms with E-state index in [0.717, 1.165) is 0 Å². The topological polar surface area (TPSA) is 106 Å². The molecular weight excluding hydrogens is 388 g/mol. The quantitative estimate of drug-likeness (QED) is 0.491. The fourth-order valence-electron chi connectivity index (χ4n) is 2.83. The number of hydrogen-bond donors (Lipinski definition) is 2. The van der Waals surface area contributed by atoms with Gasteiger partial charge in [0.05, 0.1) is 12.5 Å². The Labute approximate surface area is 159 Å². The van der Waals surface area contributed by atoms with Crippen LogP contribution in [0.15, 0.2) is 69.3 Å². The highest BCUT2D eigenvalue weighted by molar-refractivity contribution is 7.88. The average Bonchev–Trinajstić information content (AvgIpc) is 3.41. The number of nitrogens with zero attached hydrogens (tertiary/aromatic N) is 1. The minimum absolute atomic E-state index is 0.231. The van der Waals surface area contributed by atoms with Crippen molar-refractivity contribution in [2.45, 2.75) is 11.4 Å². The number of furan rings is 1. The van der Waals surface area contributed by atoms with Crippen molar-refractivity contribution in [2.24, 2.45) is 0 Å². The molecule has 0 spiro atoms. The van der Waals surface area contributed by atoms with Gasteiger partial charge >= 0.3 is 0 Å². The van der Waals surface area contributed by atoms with Crippen molar-refractivity contribution in [1.82, 2.24) is 9.88 Å². The molecule has 0 saturated carbocycles. The Hall–Kier alpha value is -2.46. The molecule has 0 radical (unpaired) electrons. The minimum Gasteiger partial charge on any atom is -0.472 e. The second-order valence-corrected chi connectivity index (χ2v) is 8.81. The number of para-hydroxylation sites is 1. The van der Waals surface area contributed by atoms with Crippen LogP contribution < -0.4 is 4.72 Å². The second kappa shape index (κ2) is 6.93. The maximum absolute atomic E-state index is 12.6. The predicted octanol–water partition coefficient (Wildman–Crippen LogP) is 2.84. The second-order valence-electron chi connectivity index (χ2n) is 6.06. The smallest absolute Gasteiger partial charge is 0.217 e. The zero-order valence-corrected chi connectivity index (χ0v) is 15.7. The Balaban J connectivity index is 1.57. The van der Waals surface area contributed by atoms with Crippen molar-refractivity contribution in [2.75, 3.05) is 6.54 Å². The van der Waals surface area contributed by atoms with E-state index < -0.39 is 15.6 Å². The summed E-state index contributed by atoms with van der Waals surface area (Å²) in [6.07, 6.45) is 2.84. The van der Waals surface area contributed by atoms with Crippen LogP contribution in [-0.4, -0.2) is 25.2 Å². The largest absolute Gasteiger partial charge is 0.472 e. The molecule has 2 N–H and O–H groups in total. The molecule has 0 bridgehead atoms. The van der Waals surface area contributed by atoms with Gasteiger partial charge in [-0.25, -0.2) is 13.1 Å². The first-order valence-corrected chi connectivity index (χ1v) is 10.6. The third-order valence-corrected chi connectivity index (χ3v) is 6.51. The number of thiophene rings is 1. The van der Waals surface area contributed by atoms with E-state index in [1.807, 2.05) is 5.38 Å². The molecule has 9 heteroatoms. The fourth-order valence-corrected chi connectivity index (χ4v) is 4.78. The van der Waals surface area contributed by atoms with Crippen LogP contribution >= 0.6 is 11.3 Å². The van der Waals surface area contributed by atoms with Gasteiger partial charge in [-0.2, -0.15) is 0 Å². The van der Waals surface area contributed by atoms with E-state index in [4.69, 9.17) is 8.94 Å². The maximum atomic E-state index is 12.6. The van der Waals surface area contributed by atoms with Gasteiger partial charge in [0.2, 0.25) is 10.0 Å². The normalized spacial score (nSPS) is 14.4. The molecule has 4 rings (SSSR count). The van der Waals surface area contributed by atoms with Crippen molar-refractivity contribution in [1.29, 1.82) is 0 Å². The molecule has 1 aromatic carbocycles. The molecule has 0 aliphatic carbocycles. The summed E-state index contributed by atoms with van der Waals surface area (Å²) >= 11 is 1.33. The molecule has 1 atom stereocenters. The van der Waals surface area contributed by atoms with Crippen LogP contribution in [0.5, 0.6) is 0 Å². The van der Waals surface area contributed by atoms with Crippen molar-refractivity contribution in [3.05, 3.63) is 76.5 Å². The van der Waals surface area contributed by atoms with Crippen LogP contribution in [0.2, 0.25) is 0 Å². The summed E-state index contributed by atoms with van der Waals surface area (Å²) in [6.45, 7) is -0.231. The Morgan fingerprint density at radius 1 is 1.19 bits per heavy atom. The number of sulfonamides is 1. The lowest BCUT2D eigenvalue weighted by molar-refractivity contribution is 0.0891. The summed E-state index contributed by atoms with van der Waals surface area (Å²) in [5.41, 5.74) is -0.211. The molecule has 7 nitrogen and oxygen atoms in total. The van der Waals surface area contributed by atoms with Gasteiger partial charge < -0.3 is 14.0 Å². The summed E-state index contributed by atoms with van der Waals surface area (Å²) < 4.78 is 37.9. The molecule has 140 valence electrons. The van der Waals surface area contributed by atoms with E-state index in [1.165, 1.54) is 23.9 Å². The van der Waals surface area contributed by atoms with Crippen LogP contribution in [-0.2, 0) is 21.4 Å². The van der Waals surface area contributed by atoms with E-state index >= 15 is 0 Å². The van der Waals surface area contributed by atoms with Crippen LogP contribution in [0.1, 0.15) is 16.1 Å². The standard InChI is InChI=1S/C18H16N2O5S2/c21-18(13-7-8-24-10-13,17-6-3-9-26-17)12-19-27(22,23)11-15-14-4-1-2-5-16(14)25-20-15/h1-10,19,21H,11-12H2/t18-/m0/s1. The van der Waals surface area contributed by atoms with Gasteiger partial charge in [0.15, 0.2) is 5.58 Å². The number of rotatable bonds is 7. The van der Waals surface area contributed by atoms with E-state index in [9.17, 15) is 13.5 Å². The molecule has 3 aromatic heterocycles. The first kappa shape index (κ1) is 17.9. The molecular formula is C18H16N2O5S2. The number of aromatic nitrogens is 1. The van der Waals surface area contributed by atoms with Gasteiger partial charge in [0, 0.05) is 22.4 Å². The fraction of sp³-hybridized carbons (Fsp3) is 0.167.